The molecule has 31 heavy (non-hydrogen) atoms. The second-order valence-electron chi connectivity index (χ2n) is 7.88. The third-order valence-corrected chi connectivity index (χ3v) is 5.13. The number of aldehydes is 2. The van der Waals surface area contributed by atoms with Crippen molar-refractivity contribution in [2.24, 2.45) is 0 Å². The Morgan fingerprint density at radius 2 is 1.48 bits per heavy atom. The van der Waals surface area contributed by atoms with Crippen molar-refractivity contribution in [3.05, 3.63) is 71.4 Å². The van der Waals surface area contributed by atoms with Crippen LogP contribution >= 0.6 is 0 Å². The van der Waals surface area contributed by atoms with Crippen LogP contribution in [0.15, 0.2) is 48.7 Å². The first-order valence-electron chi connectivity index (χ1n) is 9.98. The summed E-state index contributed by atoms with van der Waals surface area (Å²) in [6.45, 7) is 0. The minimum Gasteiger partial charge on any atom is -0.361 e. The molecule has 1 aromatic heterocycles. The molecule has 0 saturated heterocycles. The first kappa shape index (κ1) is 24.4. The van der Waals surface area contributed by atoms with E-state index in [1.165, 1.54) is 24.3 Å². The summed E-state index contributed by atoms with van der Waals surface area (Å²) in [5.41, 5.74) is 2.64. The summed E-state index contributed by atoms with van der Waals surface area (Å²) in [7, 11) is 7.40. The summed E-state index contributed by atoms with van der Waals surface area (Å²) in [5.74, 6) is -0.517. The lowest BCUT2D eigenvalue weighted by Gasteiger charge is -2.18. The number of benzene rings is 2. The number of H-pyrrole nitrogens is 1. The first-order valence-corrected chi connectivity index (χ1v) is 9.98. The molecule has 1 heterocycles. The standard InChI is InChI=1S/C13H15FN2O.C11H14FNO/c1-16(2)11(8-17)5-9-7-15-13-6-10(14)3-4-12(9)13;1-13(2)11(8-14)7-9-4-3-5-10(12)6-9/h3-4,6-8,11,15H,5H2,1-2H3;3-6,8,11H,7H2,1-2H3. The number of hydrogen-bond acceptors (Lipinski definition) is 4. The number of carbonyl (C=O) groups excluding carboxylic acids is 2. The normalized spacial score (nSPS) is 13.0. The minimum absolute atomic E-state index is 0.154. The lowest BCUT2D eigenvalue weighted by Crippen LogP contribution is -2.31. The fourth-order valence-electron chi connectivity index (χ4n) is 3.16. The molecule has 1 N–H and O–H groups in total. The van der Waals surface area contributed by atoms with Crippen molar-refractivity contribution in [1.29, 1.82) is 0 Å². The Labute approximate surface area is 181 Å². The number of rotatable bonds is 8. The molecule has 0 saturated carbocycles. The quantitative estimate of drug-likeness (QED) is 0.557. The van der Waals surface area contributed by atoms with Gasteiger partial charge in [0.15, 0.2) is 0 Å². The summed E-state index contributed by atoms with van der Waals surface area (Å²) >= 11 is 0. The lowest BCUT2D eigenvalue weighted by atomic mass is 10.1. The van der Waals surface area contributed by atoms with Crippen LogP contribution in [-0.4, -0.2) is 67.6 Å². The van der Waals surface area contributed by atoms with E-state index in [4.69, 9.17) is 0 Å². The zero-order chi connectivity index (χ0) is 23.0. The number of carbonyl (C=O) groups is 2. The zero-order valence-corrected chi connectivity index (χ0v) is 18.3. The minimum atomic E-state index is -0.259. The molecule has 166 valence electrons. The van der Waals surface area contributed by atoms with Crippen molar-refractivity contribution in [3.63, 3.8) is 0 Å². The fraction of sp³-hybridized carbons (Fsp3) is 0.333. The predicted octanol–water partition coefficient (Wildman–Crippen LogP) is 3.48. The van der Waals surface area contributed by atoms with Gasteiger partial charge in [-0.25, -0.2) is 8.78 Å². The van der Waals surface area contributed by atoms with Gasteiger partial charge in [-0.2, -0.15) is 0 Å². The predicted molar refractivity (Wildman–Crippen MR) is 119 cm³/mol. The van der Waals surface area contributed by atoms with Gasteiger partial charge in [0.1, 0.15) is 24.2 Å². The fourth-order valence-corrected chi connectivity index (χ4v) is 3.16. The van der Waals surface area contributed by atoms with Crippen molar-refractivity contribution < 1.29 is 18.4 Å². The van der Waals surface area contributed by atoms with E-state index in [0.717, 1.165) is 34.6 Å². The average molecular weight is 430 g/mol. The molecule has 3 aromatic rings. The van der Waals surface area contributed by atoms with Crippen LogP contribution in [0.25, 0.3) is 10.9 Å². The van der Waals surface area contributed by atoms with Gasteiger partial charge in [0.2, 0.25) is 0 Å². The Balaban J connectivity index is 0.000000225. The van der Waals surface area contributed by atoms with Crippen LogP contribution < -0.4 is 0 Å². The van der Waals surface area contributed by atoms with E-state index in [0.29, 0.717) is 12.8 Å². The van der Waals surface area contributed by atoms with Crippen LogP contribution in [0.2, 0.25) is 0 Å². The van der Waals surface area contributed by atoms with Gasteiger partial charge in [-0.15, -0.1) is 0 Å². The second kappa shape index (κ2) is 11.5. The Bertz CT molecular complexity index is 1000. The number of hydrogen-bond donors (Lipinski definition) is 1. The van der Waals surface area contributed by atoms with Crippen LogP contribution in [-0.2, 0) is 22.4 Å². The zero-order valence-electron chi connectivity index (χ0n) is 18.3. The van der Waals surface area contributed by atoms with Crippen molar-refractivity contribution in [2.75, 3.05) is 28.2 Å². The summed E-state index contributed by atoms with van der Waals surface area (Å²) in [4.78, 5) is 28.4. The molecule has 0 fully saturated rings. The van der Waals surface area contributed by atoms with E-state index in [9.17, 15) is 18.4 Å². The van der Waals surface area contributed by atoms with Crippen molar-refractivity contribution in [3.8, 4) is 0 Å². The molecule has 2 aromatic carbocycles. The molecule has 0 amide bonds. The SMILES string of the molecule is CN(C)C(C=O)Cc1c[nH]c2cc(F)ccc12.CN(C)C(C=O)Cc1cccc(F)c1. The maximum Gasteiger partial charge on any atom is 0.137 e. The van der Waals surface area contributed by atoms with Crippen LogP contribution in [0.5, 0.6) is 0 Å². The van der Waals surface area contributed by atoms with Gasteiger partial charge < -0.3 is 14.6 Å². The first-order chi connectivity index (χ1) is 14.7. The molecule has 0 aliphatic rings. The van der Waals surface area contributed by atoms with Gasteiger partial charge in [0.05, 0.1) is 12.1 Å². The van der Waals surface area contributed by atoms with Crippen molar-refractivity contribution in [1.82, 2.24) is 14.8 Å². The van der Waals surface area contributed by atoms with Gasteiger partial charge >= 0.3 is 0 Å². The van der Waals surface area contributed by atoms with Crippen LogP contribution in [0, 0.1) is 11.6 Å². The smallest absolute Gasteiger partial charge is 0.137 e. The van der Waals surface area contributed by atoms with Crippen molar-refractivity contribution in [2.45, 2.75) is 24.9 Å². The highest BCUT2D eigenvalue weighted by molar-refractivity contribution is 5.83. The average Bonchev–Trinajstić information content (AvgIpc) is 3.12. The van der Waals surface area contributed by atoms with E-state index < -0.39 is 0 Å². The van der Waals surface area contributed by atoms with Gasteiger partial charge in [-0.1, -0.05) is 12.1 Å². The van der Waals surface area contributed by atoms with Crippen LogP contribution in [0.1, 0.15) is 11.1 Å². The van der Waals surface area contributed by atoms with Crippen LogP contribution in [0.4, 0.5) is 8.78 Å². The van der Waals surface area contributed by atoms with E-state index in [-0.39, 0.29) is 23.7 Å². The molecule has 7 heteroatoms. The second-order valence-corrected chi connectivity index (χ2v) is 7.88. The third-order valence-electron chi connectivity index (χ3n) is 5.13. The number of aromatic amines is 1. The maximum absolute atomic E-state index is 13.0. The molecule has 0 radical (unpaired) electrons. The van der Waals surface area contributed by atoms with Gasteiger partial charge in [0, 0.05) is 17.1 Å². The summed E-state index contributed by atoms with van der Waals surface area (Å²) < 4.78 is 25.8. The molecular weight excluding hydrogens is 400 g/mol. The maximum atomic E-state index is 13.0. The van der Waals surface area contributed by atoms with Crippen molar-refractivity contribution >= 4 is 23.5 Å². The lowest BCUT2D eigenvalue weighted by molar-refractivity contribution is -0.112. The molecule has 0 spiro atoms. The van der Waals surface area contributed by atoms with Gasteiger partial charge in [-0.05, 0) is 82.5 Å². The highest BCUT2D eigenvalue weighted by Crippen LogP contribution is 2.20. The molecule has 5 nitrogen and oxygen atoms in total. The molecule has 0 aliphatic carbocycles. The number of nitrogens with zero attached hydrogens (tertiary/aromatic N) is 2. The van der Waals surface area contributed by atoms with E-state index in [2.05, 4.69) is 4.98 Å². The Hall–Kier alpha value is -2.90. The number of aromatic nitrogens is 1. The van der Waals surface area contributed by atoms with E-state index in [1.807, 2.05) is 50.3 Å². The Morgan fingerprint density at radius 1 is 0.871 bits per heavy atom. The Morgan fingerprint density at radius 3 is 2.06 bits per heavy atom. The van der Waals surface area contributed by atoms with E-state index >= 15 is 0 Å². The monoisotopic (exact) mass is 429 g/mol. The van der Waals surface area contributed by atoms with Gasteiger partial charge in [-0.3, -0.25) is 9.80 Å². The van der Waals surface area contributed by atoms with Crippen LogP contribution in [0.3, 0.4) is 0 Å². The summed E-state index contributed by atoms with van der Waals surface area (Å²) in [6.07, 6.45) is 4.83. The Kier molecular flexibility index (Phi) is 9.03. The molecule has 0 bridgehead atoms. The molecule has 2 atom stereocenters. The highest BCUT2D eigenvalue weighted by Gasteiger charge is 2.14. The number of halogens is 2. The third kappa shape index (κ3) is 7.08. The molecular formula is C24H29F2N3O2. The number of likely N-dealkylation sites (N-methyl/N-ethyl adjacent to an activating group) is 2. The highest BCUT2D eigenvalue weighted by atomic mass is 19.1. The summed E-state index contributed by atoms with van der Waals surface area (Å²) in [6, 6.07) is 10.6. The van der Waals surface area contributed by atoms with E-state index in [1.54, 1.807) is 12.1 Å². The topological polar surface area (TPSA) is 56.4 Å². The number of fused-ring (bicyclic) bond motifs is 1. The molecule has 2 unspecified atom stereocenters. The largest absolute Gasteiger partial charge is 0.361 e. The number of nitrogens with one attached hydrogen (secondary N) is 1. The molecule has 3 rings (SSSR count). The van der Waals surface area contributed by atoms with Gasteiger partial charge in [0.25, 0.3) is 0 Å². The summed E-state index contributed by atoms with van der Waals surface area (Å²) in [5, 5.41) is 0.972. The molecule has 0 aliphatic heterocycles.